The Kier molecular flexibility index (Phi) is 4.16. The van der Waals surface area contributed by atoms with E-state index in [2.05, 4.69) is 31.0 Å². The topological polar surface area (TPSA) is 57.8 Å². The quantitative estimate of drug-likeness (QED) is 0.372. The van der Waals surface area contributed by atoms with E-state index in [9.17, 15) is 0 Å². The summed E-state index contributed by atoms with van der Waals surface area (Å²) in [5.41, 5.74) is 3.87. The Labute approximate surface area is 157 Å². The van der Waals surface area contributed by atoms with Gasteiger partial charge in [-0.25, -0.2) is 4.98 Å². The van der Waals surface area contributed by atoms with Crippen LogP contribution in [0.3, 0.4) is 0 Å². The van der Waals surface area contributed by atoms with Gasteiger partial charge in [0.05, 0.1) is 0 Å². The highest BCUT2D eigenvalue weighted by Gasteiger charge is 2.22. The van der Waals surface area contributed by atoms with Crippen molar-refractivity contribution in [3.63, 3.8) is 0 Å². The average molecular weight is 418 g/mol. The molecule has 3 heterocycles. The third kappa shape index (κ3) is 2.69. The fourth-order valence-electron chi connectivity index (χ4n) is 2.94. The molecule has 1 aromatic carbocycles. The molecule has 6 nitrogen and oxygen atoms in total. The summed E-state index contributed by atoms with van der Waals surface area (Å²) in [7, 11) is 3.89. The second-order valence-electron chi connectivity index (χ2n) is 5.66. The van der Waals surface area contributed by atoms with Gasteiger partial charge >= 0.3 is 0 Å². The molecule has 4 aromatic rings. The van der Waals surface area contributed by atoms with Crippen LogP contribution in [0.4, 0.5) is 0 Å². The van der Waals surface area contributed by atoms with Crippen molar-refractivity contribution >= 4 is 49.8 Å². The molecule has 4 rings (SSSR count). The first-order valence-corrected chi connectivity index (χ1v) is 9.71. The van der Waals surface area contributed by atoms with Crippen LogP contribution in [-0.2, 0) is 20.7 Å². The van der Waals surface area contributed by atoms with Crippen LogP contribution in [0.25, 0.3) is 22.1 Å². The van der Waals surface area contributed by atoms with E-state index in [1.807, 2.05) is 59.9 Å². The van der Waals surface area contributed by atoms with Crippen molar-refractivity contribution in [2.75, 3.05) is 6.26 Å². The van der Waals surface area contributed by atoms with E-state index in [0.29, 0.717) is 17.6 Å². The number of benzene rings is 1. The van der Waals surface area contributed by atoms with E-state index in [4.69, 9.17) is 4.74 Å². The summed E-state index contributed by atoms with van der Waals surface area (Å²) in [4.78, 5) is 9.28. The van der Waals surface area contributed by atoms with Crippen LogP contribution >= 0.6 is 27.7 Å². The minimum atomic E-state index is 0.455. The van der Waals surface area contributed by atoms with Crippen molar-refractivity contribution < 1.29 is 4.74 Å². The number of hydrogen-bond acceptors (Lipinski definition) is 5. The van der Waals surface area contributed by atoms with Crippen molar-refractivity contribution in [2.24, 2.45) is 14.1 Å². The van der Waals surface area contributed by atoms with E-state index >= 15 is 0 Å². The van der Waals surface area contributed by atoms with Crippen LogP contribution in [0.15, 0.2) is 40.1 Å². The molecule has 0 aliphatic carbocycles. The lowest BCUT2D eigenvalue weighted by Crippen LogP contribution is -2.02. The lowest BCUT2D eigenvalue weighted by Gasteiger charge is -2.09. The number of halogens is 1. The van der Waals surface area contributed by atoms with Crippen LogP contribution in [-0.4, -0.2) is 30.6 Å². The highest BCUT2D eigenvalue weighted by Crippen LogP contribution is 2.37. The molecule has 25 heavy (non-hydrogen) atoms. The van der Waals surface area contributed by atoms with Crippen molar-refractivity contribution in [2.45, 2.75) is 11.8 Å². The Morgan fingerprint density at radius 3 is 2.60 bits per heavy atom. The number of ether oxygens (including phenoxy) is 1. The van der Waals surface area contributed by atoms with Gasteiger partial charge in [-0.3, -0.25) is 4.68 Å². The number of thioether (sulfide) groups is 1. The molecule has 0 bridgehead atoms. The second kappa shape index (κ2) is 6.34. The highest BCUT2D eigenvalue weighted by molar-refractivity contribution is 9.10. The molecular formula is C17H16BrN5OS. The van der Waals surface area contributed by atoms with Crippen LogP contribution in [0, 0.1) is 0 Å². The van der Waals surface area contributed by atoms with Gasteiger partial charge in [-0.05, 0) is 27.7 Å². The predicted octanol–water partition coefficient (Wildman–Crippen LogP) is 3.92. The Morgan fingerprint density at radius 1 is 1.12 bits per heavy atom. The maximum Gasteiger partial charge on any atom is 0.229 e. The summed E-state index contributed by atoms with van der Waals surface area (Å²) < 4.78 is 10.7. The fourth-order valence-corrected chi connectivity index (χ4v) is 3.99. The molecule has 0 aliphatic heterocycles. The first-order chi connectivity index (χ1) is 12.1. The van der Waals surface area contributed by atoms with Gasteiger partial charge in [0.25, 0.3) is 0 Å². The third-order valence-electron chi connectivity index (χ3n) is 4.11. The standard InChI is InChI=1S/C17H16BrN5OS/c1-22-13-12(23(2)21-14(13)18)11-15(22)19-17(25-3)20-16(11)24-9-10-7-5-4-6-8-10/h4-8H,9H2,1-3H3. The minimum Gasteiger partial charge on any atom is -0.472 e. The molecule has 8 heteroatoms. The fraction of sp³-hybridized carbons (Fsp3) is 0.235. The van der Waals surface area contributed by atoms with Crippen LogP contribution in [0.2, 0.25) is 0 Å². The number of hydrogen-bond donors (Lipinski definition) is 0. The number of rotatable bonds is 4. The SMILES string of the molecule is CSc1nc(OCc2ccccc2)c2c3c(c(Br)nn3C)n(C)c2n1. The molecular weight excluding hydrogens is 402 g/mol. The zero-order valence-electron chi connectivity index (χ0n) is 14.0. The van der Waals surface area contributed by atoms with Gasteiger partial charge in [-0.15, -0.1) is 0 Å². The number of nitrogens with zero attached hydrogens (tertiary/aromatic N) is 5. The van der Waals surface area contributed by atoms with E-state index in [-0.39, 0.29) is 0 Å². The Hall–Kier alpha value is -2.06. The van der Waals surface area contributed by atoms with Crippen LogP contribution < -0.4 is 4.74 Å². The second-order valence-corrected chi connectivity index (χ2v) is 7.18. The van der Waals surface area contributed by atoms with E-state index in [0.717, 1.165) is 32.2 Å². The van der Waals surface area contributed by atoms with Gasteiger partial charge < -0.3 is 9.30 Å². The minimum absolute atomic E-state index is 0.455. The molecule has 0 aliphatic rings. The Balaban J connectivity index is 1.92. The zero-order valence-corrected chi connectivity index (χ0v) is 16.4. The summed E-state index contributed by atoms with van der Waals surface area (Å²) in [6.45, 7) is 0.455. The van der Waals surface area contributed by atoms with Crippen LogP contribution in [0.5, 0.6) is 5.88 Å². The first kappa shape index (κ1) is 16.4. The summed E-state index contributed by atoms with van der Waals surface area (Å²) >= 11 is 5.03. The molecule has 0 fully saturated rings. The van der Waals surface area contributed by atoms with Crippen molar-refractivity contribution in [1.82, 2.24) is 24.3 Å². The third-order valence-corrected chi connectivity index (χ3v) is 5.19. The lowest BCUT2D eigenvalue weighted by atomic mass is 10.2. The Bertz CT molecular complexity index is 1070. The van der Waals surface area contributed by atoms with Crippen molar-refractivity contribution in [3.8, 4) is 5.88 Å². The maximum absolute atomic E-state index is 6.10. The van der Waals surface area contributed by atoms with Gasteiger partial charge in [-0.2, -0.15) is 10.1 Å². The summed E-state index contributed by atoms with van der Waals surface area (Å²) in [5, 5.41) is 6.03. The molecule has 0 unspecified atom stereocenters. The molecule has 3 aromatic heterocycles. The van der Waals surface area contributed by atoms with E-state index in [1.54, 1.807) is 0 Å². The highest BCUT2D eigenvalue weighted by atomic mass is 79.9. The normalized spacial score (nSPS) is 11.5. The van der Waals surface area contributed by atoms with Crippen LogP contribution in [0.1, 0.15) is 5.56 Å². The molecule has 0 amide bonds. The maximum atomic E-state index is 6.10. The smallest absolute Gasteiger partial charge is 0.229 e. The zero-order chi connectivity index (χ0) is 17.6. The molecule has 0 spiro atoms. The molecule has 0 saturated heterocycles. The number of aromatic nitrogens is 5. The largest absolute Gasteiger partial charge is 0.472 e. The van der Waals surface area contributed by atoms with Gasteiger partial charge in [-0.1, -0.05) is 42.1 Å². The van der Waals surface area contributed by atoms with Crippen molar-refractivity contribution in [3.05, 3.63) is 40.5 Å². The summed E-state index contributed by atoms with van der Waals surface area (Å²) in [6.07, 6.45) is 1.96. The number of aryl methyl sites for hydroxylation is 2. The molecule has 0 saturated carbocycles. The molecule has 0 atom stereocenters. The summed E-state index contributed by atoms with van der Waals surface area (Å²) in [6, 6.07) is 10.1. The number of fused-ring (bicyclic) bond motifs is 3. The average Bonchev–Trinajstić information content (AvgIpc) is 3.09. The monoisotopic (exact) mass is 417 g/mol. The van der Waals surface area contributed by atoms with Crippen molar-refractivity contribution in [1.29, 1.82) is 0 Å². The van der Waals surface area contributed by atoms with Gasteiger partial charge in [0.15, 0.2) is 15.4 Å². The molecule has 0 radical (unpaired) electrons. The molecule has 128 valence electrons. The predicted molar refractivity (Wildman–Crippen MR) is 103 cm³/mol. The van der Waals surface area contributed by atoms with Gasteiger partial charge in [0.2, 0.25) is 5.88 Å². The summed E-state index contributed by atoms with van der Waals surface area (Å²) in [5.74, 6) is 0.583. The Morgan fingerprint density at radius 2 is 1.88 bits per heavy atom. The van der Waals surface area contributed by atoms with E-state index in [1.165, 1.54) is 11.8 Å². The molecule has 0 N–H and O–H groups in total. The van der Waals surface area contributed by atoms with E-state index < -0.39 is 0 Å². The first-order valence-electron chi connectivity index (χ1n) is 7.69. The van der Waals surface area contributed by atoms with Gasteiger partial charge in [0, 0.05) is 14.1 Å². The lowest BCUT2D eigenvalue weighted by molar-refractivity contribution is 0.295. The van der Waals surface area contributed by atoms with Gasteiger partial charge in [0.1, 0.15) is 23.0 Å².